The number of carbonyl (C=O) groups is 1. The Morgan fingerprint density at radius 1 is 1.11 bits per heavy atom. The summed E-state index contributed by atoms with van der Waals surface area (Å²) in [5.41, 5.74) is 2.48. The summed E-state index contributed by atoms with van der Waals surface area (Å²) in [6, 6.07) is 13.4. The Bertz CT molecular complexity index is 578. The second-order valence-corrected chi connectivity index (χ2v) is 4.56. The van der Waals surface area contributed by atoms with Crippen LogP contribution in [0.25, 0.3) is 0 Å². The van der Waals surface area contributed by atoms with Crippen LogP contribution in [0.15, 0.2) is 48.5 Å². The fourth-order valence-electron chi connectivity index (χ4n) is 1.94. The number of benzene rings is 2. The van der Waals surface area contributed by atoms with Crippen LogP contribution < -0.4 is 5.32 Å². The molecule has 0 fully saturated rings. The van der Waals surface area contributed by atoms with Gasteiger partial charge >= 0.3 is 0 Å². The molecule has 0 saturated heterocycles. The molecule has 2 rings (SSSR count). The van der Waals surface area contributed by atoms with Crippen molar-refractivity contribution < 1.29 is 9.18 Å². The van der Waals surface area contributed by atoms with Gasteiger partial charge < -0.3 is 5.32 Å². The van der Waals surface area contributed by atoms with Crippen molar-refractivity contribution in [3.63, 3.8) is 0 Å². The lowest BCUT2D eigenvalue weighted by Crippen LogP contribution is -2.27. The van der Waals surface area contributed by atoms with Crippen LogP contribution in [0.1, 0.15) is 34.5 Å². The van der Waals surface area contributed by atoms with Gasteiger partial charge in [0.1, 0.15) is 5.82 Å². The van der Waals surface area contributed by atoms with Crippen LogP contribution in [0.4, 0.5) is 4.39 Å². The minimum Gasteiger partial charge on any atom is -0.346 e. The van der Waals surface area contributed by atoms with Crippen molar-refractivity contribution in [1.29, 1.82) is 0 Å². The summed E-state index contributed by atoms with van der Waals surface area (Å²) < 4.78 is 12.8. The van der Waals surface area contributed by atoms with Gasteiger partial charge in [0.2, 0.25) is 0 Å². The van der Waals surface area contributed by atoms with Gasteiger partial charge in [0.05, 0.1) is 6.04 Å². The first-order chi connectivity index (χ1) is 9.08. The molecular weight excluding hydrogens is 241 g/mol. The highest BCUT2D eigenvalue weighted by Crippen LogP contribution is 2.14. The fraction of sp³-hybridized carbons (Fsp3) is 0.188. The topological polar surface area (TPSA) is 29.1 Å². The lowest BCUT2D eigenvalue weighted by Gasteiger charge is -2.15. The second-order valence-electron chi connectivity index (χ2n) is 4.56. The van der Waals surface area contributed by atoms with Crippen molar-refractivity contribution in [1.82, 2.24) is 5.32 Å². The number of nitrogens with one attached hydrogen (secondary N) is 1. The molecule has 2 aromatic rings. The molecule has 2 nitrogen and oxygen atoms in total. The standard InChI is InChI=1S/C16H16FNO/c1-11-5-3-4-6-15(11)16(19)18-12(2)13-7-9-14(17)10-8-13/h3-10,12H,1-2H3,(H,18,19). The zero-order valence-electron chi connectivity index (χ0n) is 11.0. The van der Waals surface area contributed by atoms with Gasteiger partial charge in [-0.05, 0) is 43.2 Å². The van der Waals surface area contributed by atoms with Gasteiger partial charge in [0, 0.05) is 5.56 Å². The summed E-state index contributed by atoms with van der Waals surface area (Å²) in [7, 11) is 0. The molecular formula is C16H16FNO. The van der Waals surface area contributed by atoms with Crippen LogP contribution in [-0.4, -0.2) is 5.91 Å². The van der Waals surface area contributed by atoms with Gasteiger partial charge in [0.15, 0.2) is 0 Å². The molecule has 1 amide bonds. The summed E-state index contributed by atoms with van der Waals surface area (Å²) in [5, 5.41) is 2.91. The van der Waals surface area contributed by atoms with Crippen molar-refractivity contribution in [2.45, 2.75) is 19.9 Å². The van der Waals surface area contributed by atoms with Crippen molar-refractivity contribution in [3.05, 3.63) is 71.0 Å². The number of carbonyl (C=O) groups excluding carboxylic acids is 1. The molecule has 1 N–H and O–H groups in total. The van der Waals surface area contributed by atoms with E-state index in [-0.39, 0.29) is 17.8 Å². The molecule has 1 atom stereocenters. The number of halogens is 1. The van der Waals surface area contributed by atoms with Gasteiger partial charge in [-0.1, -0.05) is 30.3 Å². The van der Waals surface area contributed by atoms with Crippen molar-refractivity contribution >= 4 is 5.91 Å². The van der Waals surface area contributed by atoms with Crippen molar-refractivity contribution in [2.24, 2.45) is 0 Å². The van der Waals surface area contributed by atoms with Gasteiger partial charge in [-0.3, -0.25) is 4.79 Å². The first-order valence-electron chi connectivity index (χ1n) is 6.20. The Morgan fingerprint density at radius 2 is 1.74 bits per heavy atom. The highest BCUT2D eigenvalue weighted by Gasteiger charge is 2.12. The van der Waals surface area contributed by atoms with E-state index in [2.05, 4.69) is 5.32 Å². The SMILES string of the molecule is Cc1ccccc1C(=O)NC(C)c1ccc(F)cc1. The van der Waals surface area contributed by atoms with Crippen LogP contribution in [0.2, 0.25) is 0 Å². The zero-order valence-corrected chi connectivity index (χ0v) is 11.0. The molecule has 0 aliphatic rings. The van der Waals surface area contributed by atoms with E-state index < -0.39 is 0 Å². The Labute approximate surface area is 112 Å². The van der Waals surface area contributed by atoms with Crippen LogP contribution in [0, 0.1) is 12.7 Å². The third kappa shape index (κ3) is 3.19. The van der Waals surface area contributed by atoms with E-state index in [1.54, 1.807) is 18.2 Å². The number of hydrogen-bond acceptors (Lipinski definition) is 1. The van der Waals surface area contributed by atoms with E-state index in [1.165, 1.54) is 12.1 Å². The second kappa shape index (κ2) is 5.65. The number of rotatable bonds is 3. The number of aryl methyl sites for hydroxylation is 1. The normalized spacial score (nSPS) is 11.9. The van der Waals surface area contributed by atoms with Crippen molar-refractivity contribution in [2.75, 3.05) is 0 Å². The minimum atomic E-state index is -0.277. The molecule has 1 unspecified atom stereocenters. The first kappa shape index (κ1) is 13.3. The van der Waals surface area contributed by atoms with Gasteiger partial charge in [-0.25, -0.2) is 4.39 Å². The molecule has 3 heteroatoms. The maximum absolute atomic E-state index is 12.8. The van der Waals surface area contributed by atoms with E-state index >= 15 is 0 Å². The number of hydrogen-bond donors (Lipinski definition) is 1. The lowest BCUT2D eigenvalue weighted by atomic mass is 10.1. The van der Waals surface area contributed by atoms with E-state index in [9.17, 15) is 9.18 Å². The highest BCUT2D eigenvalue weighted by atomic mass is 19.1. The lowest BCUT2D eigenvalue weighted by molar-refractivity contribution is 0.0939. The average molecular weight is 257 g/mol. The Hall–Kier alpha value is -2.16. The van der Waals surface area contributed by atoms with E-state index in [1.807, 2.05) is 32.0 Å². The first-order valence-corrected chi connectivity index (χ1v) is 6.20. The molecule has 0 aromatic heterocycles. The molecule has 0 spiro atoms. The Balaban J connectivity index is 2.11. The van der Waals surface area contributed by atoms with Crippen LogP contribution in [-0.2, 0) is 0 Å². The molecule has 0 aliphatic carbocycles. The third-order valence-corrected chi connectivity index (χ3v) is 3.11. The minimum absolute atomic E-state index is 0.116. The molecule has 19 heavy (non-hydrogen) atoms. The maximum Gasteiger partial charge on any atom is 0.252 e. The smallest absolute Gasteiger partial charge is 0.252 e. The Kier molecular flexibility index (Phi) is 3.95. The third-order valence-electron chi connectivity index (χ3n) is 3.11. The molecule has 0 bridgehead atoms. The fourth-order valence-corrected chi connectivity index (χ4v) is 1.94. The summed E-state index contributed by atoms with van der Waals surface area (Å²) >= 11 is 0. The van der Waals surface area contributed by atoms with Gasteiger partial charge in [-0.15, -0.1) is 0 Å². The summed E-state index contributed by atoms with van der Waals surface area (Å²) in [5.74, 6) is -0.392. The summed E-state index contributed by atoms with van der Waals surface area (Å²) in [4.78, 5) is 12.1. The predicted octanol–water partition coefficient (Wildman–Crippen LogP) is 3.63. The van der Waals surface area contributed by atoms with Crippen LogP contribution in [0.5, 0.6) is 0 Å². The van der Waals surface area contributed by atoms with Crippen LogP contribution in [0.3, 0.4) is 0 Å². The summed E-state index contributed by atoms with van der Waals surface area (Å²) in [6.45, 7) is 3.78. The monoisotopic (exact) mass is 257 g/mol. The van der Waals surface area contributed by atoms with Crippen LogP contribution >= 0.6 is 0 Å². The quantitative estimate of drug-likeness (QED) is 0.893. The molecule has 0 heterocycles. The molecule has 98 valence electrons. The van der Waals surface area contributed by atoms with E-state index in [0.717, 1.165) is 11.1 Å². The number of amides is 1. The predicted molar refractivity (Wildman–Crippen MR) is 73.5 cm³/mol. The molecule has 0 radical (unpaired) electrons. The average Bonchev–Trinajstić information content (AvgIpc) is 2.39. The zero-order chi connectivity index (χ0) is 13.8. The molecule has 0 aliphatic heterocycles. The van der Waals surface area contributed by atoms with E-state index in [4.69, 9.17) is 0 Å². The maximum atomic E-state index is 12.8. The highest BCUT2D eigenvalue weighted by molar-refractivity contribution is 5.95. The Morgan fingerprint density at radius 3 is 2.37 bits per heavy atom. The van der Waals surface area contributed by atoms with E-state index in [0.29, 0.717) is 5.56 Å². The van der Waals surface area contributed by atoms with Gasteiger partial charge in [0.25, 0.3) is 5.91 Å². The largest absolute Gasteiger partial charge is 0.346 e. The van der Waals surface area contributed by atoms with Gasteiger partial charge in [-0.2, -0.15) is 0 Å². The summed E-state index contributed by atoms with van der Waals surface area (Å²) in [6.07, 6.45) is 0. The van der Waals surface area contributed by atoms with Crippen molar-refractivity contribution in [3.8, 4) is 0 Å². The molecule has 2 aromatic carbocycles. The molecule has 0 saturated carbocycles.